The molecule has 7 atom stereocenters. The largest absolute Gasteiger partial charge is 0.497 e. The minimum absolute atomic E-state index is 0. The van der Waals surface area contributed by atoms with Crippen molar-refractivity contribution in [1.29, 1.82) is 0 Å². The first-order chi connectivity index (χ1) is 30.5. The highest BCUT2D eigenvalue weighted by Crippen LogP contribution is 2.76. The van der Waals surface area contributed by atoms with Crippen molar-refractivity contribution in [2.75, 3.05) is 20.8 Å². The van der Waals surface area contributed by atoms with Crippen LogP contribution in [0.4, 0.5) is 0 Å². The lowest BCUT2D eigenvalue weighted by atomic mass is 9.77. The monoisotopic (exact) mass is 936 g/mol. The van der Waals surface area contributed by atoms with Crippen LogP contribution in [0.3, 0.4) is 0 Å². The number of ketones is 1. The average Bonchev–Trinajstić information content (AvgIpc) is 4.00. The first-order valence-electron chi connectivity index (χ1n) is 21.2. The number of fused-ring (bicyclic) bond motifs is 2. The molecular formula is C49H53N4O7PS3. The van der Waals surface area contributed by atoms with E-state index >= 15 is 0 Å². The fourth-order valence-corrected chi connectivity index (χ4v) is 16.7. The number of rotatable bonds is 15. The van der Waals surface area contributed by atoms with Crippen LogP contribution in [-0.2, 0) is 42.3 Å². The molecule has 3 fully saturated rings. The fourth-order valence-electron chi connectivity index (χ4n) is 9.13. The van der Waals surface area contributed by atoms with Crippen molar-refractivity contribution in [2.45, 2.75) is 80.8 Å². The Bertz CT molecular complexity index is 2590. The summed E-state index contributed by atoms with van der Waals surface area (Å²) in [6.45, 7) is 8.75. The molecule has 1 saturated carbocycles. The van der Waals surface area contributed by atoms with E-state index in [1.165, 1.54) is 11.9 Å². The molecule has 9 rings (SSSR count). The molecule has 2 aliphatic heterocycles. The lowest BCUT2D eigenvalue weighted by molar-refractivity contribution is -0.0903. The van der Waals surface area contributed by atoms with Gasteiger partial charge in [0.15, 0.2) is 11.4 Å². The van der Waals surface area contributed by atoms with E-state index in [0.717, 1.165) is 47.5 Å². The number of benzene rings is 4. The van der Waals surface area contributed by atoms with Gasteiger partial charge in [-0.2, -0.15) is 13.5 Å². The summed E-state index contributed by atoms with van der Waals surface area (Å²) in [5.41, 5.74) is 2.16. The summed E-state index contributed by atoms with van der Waals surface area (Å²) in [4.78, 5) is 27.2. The zero-order valence-corrected chi connectivity index (χ0v) is 39.8. The summed E-state index contributed by atoms with van der Waals surface area (Å²) in [7, 11) is 3.31. The van der Waals surface area contributed by atoms with E-state index in [1.54, 1.807) is 44.1 Å². The van der Waals surface area contributed by atoms with Crippen LogP contribution in [0.5, 0.6) is 11.5 Å². The summed E-state index contributed by atoms with van der Waals surface area (Å²) >= 11 is 8.10. The molecule has 15 heteroatoms. The molecule has 3 aliphatic rings. The number of carbonyl (C=O) groups is 1. The first-order valence-corrected chi connectivity index (χ1v) is 25.3. The van der Waals surface area contributed by atoms with E-state index < -0.39 is 29.7 Å². The van der Waals surface area contributed by atoms with Crippen molar-refractivity contribution in [1.82, 2.24) is 19.5 Å². The van der Waals surface area contributed by atoms with Gasteiger partial charge in [0, 0.05) is 16.7 Å². The summed E-state index contributed by atoms with van der Waals surface area (Å²) in [6, 6.07) is 35.3. The van der Waals surface area contributed by atoms with Gasteiger partial charge < -0.3 is 28.0 Å². The van der Waals surface area contributed by atoms with Crippen molar-refractivity contribution in [3.05, 3.63) is 162 Å². The van der Waals surface area contributed by atoms with Gasteiger partial charge in [-0.25, -0.2) is 15.0 Å². The zero-order chi connectivity index (χ0) is 43.8. The smallest absolute Gasteiger partial charge is 0.248 e. The van der Waals surface area contributed by atoms with Crippen LogP contribution >= 0.6 is 30.6 Å². The Morgan fingerprint density at radius 2 is 1.53 bits per heavy atom. The summed E-state index contributed by atoms with van der Waals surface area (Å²) in [5.74, 6) is 1.79. The number of allylic oxidation sites excluding steroid dienone is 1. The second kappa shape index (κ2) is 19.2. The topological polar surface area (TPSA) is 116 Å². The standard InChI is InChI=1S/C49H51N4O7PS2.H2S/c1-32(2)34-24-25-48(3)44(26-34)60-61(62,63-48)59-42-28-45(53-31-52-46-40(50-30-51-47(46)53)27-41(54)33-12-8-6-9-13-33)58-43(42)29-57-49(35-14-10-7-11-15-35,36-16-20-38(55-4)21-17-36)37-18-22-39(56-5)23-19-37;/h6-23,30-31,34,42-45H,1,24-29H2,2-5H3;1H2/t34-,42-,43+,44+,45+,48+,61-;/m0./s1. The number of imidazole rings is 1. The number of carbonyl (C=O) groups excluding carboxylic acids is 1. The molecule has 1 aliphatic carbocycles. The summed E-state index contributed by atoms with van der Waals surface area (Å²) in [6.07, 6.45) is 4.84. The van der Waals surface area contributed by atoms with Gasteiger partial charge in [0.25, 0.3) is 0 Å². The highest BCUT2D eigenvalue weighted by Gasteiger charge is 2.55. The van der Waals surface area contributed by atoms with Crippen LogP contribution in [0.25, 0.3) is 11.2 Å². The van der Waals surface area contributed by atoms with Crippen LogP contribution in [0.1, 0.15) is 78.5 Å². The number of Topliss-reactive ketones (excluding diaryl/α,β-unsaturated/α-hetero) is 1. The van der Waals surface area contributed by atoms with Crippen molar-refractivity contribution >= 4 is 59.3 Å². The Balaban J connectivity index is 0.00000560. The van der Waals surface area contributed by atoms with E-state index in [-0.39, 0.29) is 43.2 Å². The maximum absolute atomic E-state index is 13.3. The Hall–Kier alpha value is -4.37. The molecule has 6 aromatic rings. The van der Waals surface area contributed by atoms with Crippen molar-refractivity contribution in [2.24, 2.45) is 5.92 Å². The predicted octanol–water partition coefficient (Wildman–Crippen LogP) is 10.6. The highest BCUT2D eigenvalue weighted by molar-refractivity contribution is 8.68. The first kappa shape index (κ1) is 46.2. The number of hydrogen-bond donors (Lipinski definition) is 0. The molecule has 11 nitrogen and oxygen atoms in total. The van der Waals surface area contributed by atoms with E-state index in [1.807, 2.05) is 89.5 Å². The number of nitrogens with zero attached hydrogens (tertiary/aromatic N) is 4. The van der Waals surface area contributed by atoms with Crippen LogP contribution in [0, 0.1) is 5.92 Å². The van der Waals surface area contributed by atoms with Gasteiger partial charge in [-0.1, -0.05) is 108 Å². The fraction of sp³-hybridized carbons (Fsp3) is 0.347. The molecule has 0 amide bonds. The molecule has 0 spiro atoms. The van der Waals surface area contributed by atoms with Crippen molar-refractivity contribution < 1.29 is 32.8 Å². The van der Waals surface area contributed by atoms with Crippen LogP contribution in [-0.4, -0.2) is 69.2 Å². The van der Waals surface area contributed by atoms with Crippen LogP contribution in [0.2, 0.25) is 0 Å². The van der Waals surface area contributed by atoms with E-state index in [0.29, 0.717) is 34.8 Å². The van der Waals surface area contributed by atoms with Crippen molar-refractivity contribution in [3.63, 3.8) is 0 Å². The lowest BCUT2D eigenvalue weighted by Gasteiger charge is -2.37. The van der Waals surface area contributed by atoms with Crippen LogP contribution in [0.15, 0.2) is 134 Å². The molecule has 64 heavy (non-hydrogen) atoms. The van der Waals surface area contributed by atoms with Gasteiger partial charge in [-0.3, -0.25) is 9.36 Å². The van der Waals surface area contributed by atoms with Gasteiger partial charge in [0.1, 0.15) is 41.3 Å². The maximum atomic E-state index is 13.3. The van der Waals surface area contributed by atoms with Gasteiger partial charge in [-0.05, 0) is 91.8 Å². The van der Waals surface area contributed by atoms with Crippen LogP contribution < -0.4 is 9.47 Å². The summed E-state index contributed by atoms with van der Waals surface area (Å²) in [5, 5.41) is 0. The quantitative estimate of drug-likeness (QED) is 0.0422. The van der Waals surface area contributed by atoms with Gasteiger partial charge in [-0.15, -0.1) is 0 Å². The third-order valence-corrected chi connectivity index (χ3v) is 18.5. The summed E-state index contributed by atoms with van der Waals surface area (Å²) < 4.78 is 41.3. The average molecular weight is 937 g/mol. The number of aromatic nitrogens is 4. The Labute approximate surface area is 390 Å². The molecule has 2 aromatic heterocycles. The maximum Gasteiger partial charge on any atom is 0.248 e. The Morgan fingerprint density at radius 3 is 2.16 bits per heavy atom. The third-order valence-electron chi connectivity index (χ3n) is 12.7. The molecule has 2 saturated heterocycles. The van der Waals surface area contributed by atoms with Gasteiger partial charge in [0.05, 0.1) is 51.5 Å². The van der Waals surface area contributed by atoms with Gasteiger partial charge in [0.2, 0.25) is 5.69 Å². The van der Waals surface area contributed by atoms with Crippen molar-refractivity contribution in [3.8, 4) is 11.5 Å². The molecule has 0 N–H and O–H groups in total. The molecule has 4 heterocycles. The lowest BCUT2D eigenvalue weighted by Crippen LogP contribution is -2.39. The minimum Gasteiger partial charge on any atom is -0.497 e. The molecular weight excluding hydrogens is 884 g/mol. The molecule has 4 aromatic carbocycles. The minimum atomic E-state index is -2.88. The predicted molar refractivity (Wildman–Crippen MR) is 259 cm³/mol. The molecule has 0 unspecified atom stereocenters. The molecule has 0 radical (unpaired) electrons. The number of ether oxygens (including phenoxy) is 4. The third kappa shape index (κ3) is 9.08. The zero-order valence-electron chi connectivity index (χ0n) is 36.3. The normalized spacial score (nSPS) is 25.3. The van der Waals surface area contributed by atoms with E-state index in [2.05, 4.69) is 42.5 Å². The van der Waals surface area contributed by atoms with E-state index in [9.17, 15) is 4.79 Å². The van der Waals surface area contributed by atoms with E-state index in [4.69, 9.17) is 44.8 Å². The second-order valence-electron chi connectivity index (χ2n) is 16.7. The Morgan fingerprint density at radius 1 is 0.906 bits per heavy atom. The number of methoxy groups -OCH3 is 2. The van der Waals surface area contributed by atoms with Gasteiger partial charge >= 0.3 is 0 Å². The number of hydrogen-bond acceptors (Lipinski definition) is 12. The molecule has 334 valence electrons. The molecule has 0 bridgehead atoms. The second-order valence-corrected chi connectivity index (χ2v) is 23.3. The SMILES string of the molecule is C=C(C)[C@H]1CC[C@@]2(C)S[P@@](=S)(O[C@H]3C[C@H](n4cnc5c(CC(=O)c6ccccc6)ncnc54)O[C@@H]3COC(c3ccccc3)(c3ccc(OC)cc3)c3ccc(OC)cc3)O[C@@H]2C1.S. The highest BCUT2D eigenvalue weighted by atomic mass is 32.9. The Kier molecular flexibility index (Phi) is 13.9.